The van der Waals surface area contributed by atoms with Gasteiger partial charge in [-0.15, -0.1) is 23.7 Å². The molecular formula is C24H32N6O. The second kappa shape index (κ2) is 13.7. The first kappa shape index (κ1) is 25.6. The molecule has 1 amide bonds. The predicted molar refractivity (Wildman–Crippen MR) is 126 cm³/mol. The van der Waals surface area contributed by atoms with Crippen molar-refractivity contribution in [3.8, 4) is 23.7 Å². The van der Waals surface area contributed by atoms with Gasteiger partial charge in [-0.25, -0.2) is 19.9 Å². The Morgan fingerprint density at radius 3 is 1.84 bits per heavy atom. The minimum absolute atomic E-state index is 0.0621. The van der Waals surface area contributed by atoms with E-state index in [4.69, 9.17) is 0 Å². The lowest BCUT2D eigenvalue weighted by Gasteiger charge is -2.18. The molecule has 0 aliphatic carbocycles. The van der Waals surface area contributed by atoms with Gasteiger partial charge in [-0.3, -0.25) is 9.69 Å². The molecule has 0 unspecified atom stereocenters. The van der Waals surface area contributed by atoms with E-state index in [-0.39, 0.29) is 5.91 Å². The van der Waals surface area contributed by atoms with E-state index in [9.17, 15) is 4.79 Å². The molecule has 2 aromatic heterocycles. The van der Waals surface area contributed by atoms with Crippen LogP contribution in [0.5, 0.6) is 0 Å². The third-order valence-electron chi connectivity index (χ3n) is 3.92. The maximum absolute atomic E-state index is 11.6. The molecule has 2 heterocycles. The highest BCUT2D eigenvalue weighted by atomic mass is 16.2. The number of aryl methyl sites for hydroxylation is 4. The van der Waals surface area contributed by atoms with Crippen LogP contribution in [0.2, 0.25) is 0 Å². The number of nitrogens with zero attached hydrogens (tertiary/aromatic N) is 5. The van der Waals surface area contributed by atoms with Gasteiger partial charge in [0.2, 0.25) is 17.8 Å². The van der Waals surface area contributed by atoms with Crippen LogP contribution in [0.4, 0.5) is 11.9 Å². The molecule has 0 aliphatic heterocycles. The van der Waals surface area contributed by atoms with E-state index in [1.165, 1.54) is 6.92 Å². The average molecular weight is 421 g/mol. The molecule has 2 aromatic rings. The zero-order valence-corrected chi connectivity index (χ0v) is 19.6. The molecule has 164 valence electrons. The van der Waals surface area contributed by atoms with Gasteiger partial charge in [-0.2, -0.15) is 0 Å². The minimum atomic E-state index is -0.0621. The van der Waals surface area contributed by atoms with Crippen molar-refractivity contribution < 1.29 is 4.79 Å². The third kappa shape index (κ3) is 10.2. The molecule has 7 nitrogen and oxygen atoms in total. The number of rotatable bonds is 6. The molecule has 31 heavy (non-hydrogen) atoms. The van der Waals surface area contributed by atoms with Crippen molar-refractivity contribution in [2.24, 2.45) is 0 Å². The zero-order valence-electron chi connectivity index (χ0n) is 19.6. The third-order valence-corrected chi connectivity index (χ3v) is 3.92. The molecule has 1 N–H and O–H groups in total. The lowest BCUT2D eigenvalue weighted by molar-refractivity contribution is -0.116. The summed E-state index contributed by atoms with van der Waals surface area (Å²) in [4.78, 5) is 30.2. The largest absolute Gasteiger partial charge is 0.353 e. The van der Waals surface area contributed by atoms with Crippen molar-refractivity contribution in [2.75, 3.05) is 23.3 Å². The van der Waals surface area contributed by atoms with E-state index in [0.29, 0.717) is 24.9 Å². The minimum Gasteiger partial charge on any atom is -0.353 e. The lowest BCUT2D eigenvalue weighted by atomic mass is 10.3. The summed E-state index contributed by atoms with van der Waals surface area (Å²) in [6.45, 7) is 14.2. The fourth-order valence-corrected chi connectivity index (χ4v) is 2.69. The van der Waals surface area contributed by atoms with Crippen molar-refractivity contribution in [3.63, 3.8) is 0 Å². The maximum Gasteiger partial charge on any atom is 0.232 e. The molecule has 0 aliphatic rings. The standard InChI is InChI=1S/C13H17N3O.C11H15N3/c1-5-6-7-8-16(12(4)17)13-14-10(2)9-11(3)15-13;1-4-5-6-7-12-11-13-9(2)8-10(3)14-11/h9H,7-8H2,1-4H3;8H,6-7H2,1-3H3,(H,12,13,14). The van der Waals surface area contributed by atoms with E-state index in [2.05, 4.69) is 48.9 Å². The van der Waals surface area contributed by atoms with Gasteiger partial charge in [0, 0.05) is 55.6 Å². The Kier molecular flexibility index (Phi) is 11.3. The number of hydrogen-bond acceptors (Lipinski definition) is 6. The van der Waals surface area contributed by atoms with Gasteiger partial charge in [0.15, 0.2) is 0 Å². The summed E-state index contributed by atoms with van der Waals surface area (Å²) in [6.07, 6.45) is 1.46. The number of carbonyl (C=O) groups excluding carboxylic acids is 1. The molecule has 0 aromatic carbocycles. The molecular weight excluding hydrogens is 388 g/mol. The van der Waals surface area contributed by atoms with Crippen LogP contribution in [0.25, 0.3) is 0 Å². The van der Waals surface area contributed by atoms with E-state index in [1.54, 1.807) is 11.8 Å². The van der Waals surface area contributed by atoms with Crippen LogP contribution in [-0.4, -0.2) is 38.9 Å². The first-order valence-electron chi connectivity index (χ1n) is 10.2. The fraction of sp³-hybridized carbons (Fsp3) is 0.458. The Morgan fingerprint density at radius 2 is 1.35 bits per heavy atom. The van der Waals surface area contributed by atoms with Gasteiger partial charge in [0.25, 0.3) is 0 Å². The van der Waals surface area contributed by atoms with E-state index < -0.39 is 0 Å². The van der Waals surface area contributed by atoms with Crippen LogP contribution >= 0.6 is 0 Å². The molecule has 0 fully saturated rings. The van der Waals surface area contributed by atoms with Crippen molar-refractivity contribution >= 4 is 17.8 Å². The first-order valence-corrected chi connectivity index (χ1v) is 10.2. The quantitative estimate of drug-likeness (QED) is 0.566. The summed E-state index contributed by atoms with van der Waals surface area (Å²) < 4.78 is 0. The average Bonchev–Trinajstić information content (AvgIpc) is 2.67. The highest BCUT2D eigenvalue weighted by Gasteiger charge is 2.14. The zero-order chi connectivity index (χ0) is 23.2. The van der Waals surface area contributed by atoms with Gasteiger partial charge in [0.1, 0.15) is 0 Å². The summed E-state index contributed by atoms with van der Waals surface area (Å²) in [5, 5.41) is 3.14. The van der Waals surface area contributed by atoms with E-state index in [1.807, 2.05) is 46.8 Å². The van der Waals surface area contributed by atoms with E-state index in [0.717, 1.165) is 35.7 Å². The van der Waals surface area contributed by atoms with Crippen LogP contribution in [0.15, 0.2) is 12.1 Å². The molecule has 0 radical (unpaired) electrons. The van der Waals surface area contributed by atoms with Crippen molar-refractivity contribution in [1.82, 2.24) is 19.9 Å². The fourth-order valence-electron chi connectivity index (χ4n) is 2.69. The smallest absolute Gasteiger partial charge is 0.232 e. The molecule has 0 bridgehead atoms. The molecule has 0 saturated carbocycles. The highest BCUT2D eigenvalue weighted by Crippen LogP contribution is 2.10. The number of amides is 1. The Morgan fingerprint density at radius 1 is 0.871 bits per heavy atom. The number of carbonyl (C=O) groups is 1. The topological polar surface area (TPSA) is 83.9 Å². The Balaban J connectivity index is 0.000000316. The normalized spacial score (nSPS) is 9.26. The first-order chi connectivity index (χ1) is 14.8. The molecule has 0 spiro atoms. The molecule has 0 saturated heterocycles. The van der Waals surface area contributed by atoms with Gasteiger partial charge >= 0.3 is 0 Å². The second-order valence-electron chi connectivity index (χ2n) is 6.88. The Bertz CT molecular complexity index is 954. The molecule has 2 rings (SSSR count). The Labute approximate surface area is 186 Å². The SMILES string of the molecule is CC#CCCN(C(C)=O)c1nc(C)cc(C)n1.CC#CCCNc1nc(C)cc(C)n1. The van der Waals surface area contributed by atoms with Gasteiger partial charge in [0.05, 0.1) is 0 Å². The monoisotopic (exact) mass is 420 g/mol. The van der Waals surface area contributed by atoms with Gasteiger partial charge in [-0.05, 0) is 53.7 Å². The van der Waals surface area contributed by atoms with Crippen LogP contribution in [0, 0.1) is 51.4 Å². The maximum atomic E-state index is 11.6. The Hall–Kier alpha value is -3.45. The van der Waals surface area contributed by atoms with Crippen LogP contribution < -0.4 is 10.2 Å². The highest BCUT2D eigenvalue weighted by molar-refractivity contribution is 5.89. The predicted octanol–water partition coefficient (Wildman–Crippen LogP) is 3.78. The number of anilines is 2. The van der Waals surface area contributed by atoms with Crippen molar-refractivity contribution in [3.05, 3.63) is 34.9 Å². The summed E-state index contributed by atoms with van der Waals surface area (Å²) in [5.74, 6) is 12.7. The number of nitrogens with one attached hydrogen (secondary N) is 1. The molecule has 7 heteroatoms. The van der Waals surface area contributed by atoms with Crippen LogP contribution in [0.3, 0.4) is 0 Å². The number of hydrogen-bond donors (Lipinski definition) is 1. The summed E-state index contributed by atoms with van der Waals surface area (Å²) >= 11 is 0. The van der Waals surface area contributed by atoms with E-state index >= 15 is 0 Å². The van der Waals surface area contributed by atoms with Crippen molar-refractivity contribution in [2.45, 2.75) is 61.3 Å². The van der Waals surface area contributed by atoms with Crippen LogP contribution in [0.1, 0.15) is 56.4 Å². The van der Waals surface area contributed by atoms with Gasteiger partial charge < -0.3 is 5.32 Å². The summed E-state index contributed by atoms with van der Waals surface area (Å²) in [7, 11) is 0. The van der Waals surface area contributed by atoms with Gasteiger partial charge in [-0.1, -0.05) is 0 Å². The lowest BCUT2D eigenvalue weighted by Crippen LogP contribution is -2.31. The van der Waals surface area contributed by atoms with Crippen LogP contribution in [-0.2, 0) is 4.79 Å². The second-order valence-corrected chi connectivity index (χ2v) is 6.88. The van der Waals surface area contributed by atoms with Crippen molar-refractivity contribution in [1.29, 1.82) is 0 Å². The molecule has 0 atom stereocenters. The summed E-state index contributed by atoms with van der Waals surface area (Å²) in [5.41, 5.74) is 3.70. The number of aromatic nitrogens is 4. The summed E-state index contributed by atoms with van der Waals surface area (Å²) in [6, 6.07) is 3.84.